The lowest BCUT2D eigenvalue weighted by atomic mass is 9.88. The van der Waals surface area contributed by atoms with Crippen LogP contribution < -0.4 is 5.73 Å². The average molecular weight is 263 g/mol. The molecule has 2 aromatic rings. The van der Waals surface area contributed by atoms with Crippen molar-refractivity contribution in [2.75, 3.05) is 6.54 Å². The van der Waals surface area contributed by atoms with Gasteiger partial charge in [0.05, 0.1) is 21.4 Å². The van der Waals surface area contributed by atoms with Gasteiger partial charge in [0.1, 0.15) is 0 Å². The maximum Gasteiger partial charge on any atom is 0.0998 e. The first-order valence-corrected chi connectivity index (χ1v) is 7.42. The molecule has 3 nitrogen and oxygen atoms in total. The third-order valence-corrected chi connectivity index (χ3v) is 4.54. The van der Waals surface area contributed by atoms with Gasteiger partial charge in [0.2, 0.25) is 0 Å². The lowest BCUT2D eigenvalue weighted by Crippen LogP contribution is -2.15. The van der Waals surface area contributed by atoms with E-state index in [-0.39, 0.29) is 0 Å². The minimum absolute atomic E-state index is 0.699. The zero-order valence-corrected chi connectivity index (χ0v) is 11.9. The number of nitrogens with zero attached hydrogens (tertiary/aromatic N) is 2. The van der Waals surface area contributed by atoms with Gasteiger partial charge in [-0.05, 0) is 43.7 Å². The highest BCUT2D eigenvalue weighted by molar-refractivity contribution is 7.18. The van der Waals surface area contributed by atoms with E-state index in [0.717, 1.165) is 24.9 Å². The van der Waals surface area contributed by atoms with E-state index in [0.29, 0.717) is 11.8 Å². The van der Waals surface area contributed by atoms with E-state index in [2.05, 4.69) is 23.8 Å². The fourth-order valence-corrected chi connectivity index (χ4v) is 3.22. The van der Waals surface area contributed by atoms with Gasteiger partial charge < -0.3 is 5.73 Å². The first-order valence-electron chi connectivity index (χ1n) is 6.60. The molecule has 0 bridgehead atoms. The molecule has 0 saturated carbocycles. The Morgan fingerprint density at radius 2 is 2.17 bits per heavy atom. The van der Waals surface area contributed by atoms with E-state index in [1.54, 1.807) is 11.3 Å². The van der Waals surface area contributed by atoms with Gasteiger partial charge in [-0.2, -0.15) is 0 Å². The predicted octanol–water partition coefficient (Wildman–Crippen LogP) is 3.24. The Hall–Kier alpha value is -1.00. The molecule has 0 amide bonds. The SMILES string of the molecule is CC(C)C(CCN)CCc1nc2cnccc2s1. The van der Waals surface area contributed by atoms with Gasteiger partial charge in [-0.3, -0.25) is 4.98 Å². The van der Waals surface area contributed by atoms with E-state index in [4.69, 9.17) is 5.73 Å². The van der Waals surface area contributed by atoms with Crippen LogP contribution in [-0.2, 0) is 6.42 Å². The molecule has 0 aromatic carbocycles. The van der Waals surface area contributed by atoms with Crippen LogP contribution in [0.1, 0.15) is 31.7 Å². The molecule has 2 heterocycles. The Labute approximate surface area is 112 Å². The first kappa shape index (κ1) is 13.4. The van der Waals surface area contributed by atoms with Crippen molar-refractivity contribution in [1.29, 1.82) is 0 Å². The number of aromatic nitrogens is 2. The quantitative estimate of drug-likeness (QED) is 0.870. The molecule has 1 unspecified atom stereocenters. The zero-order valence-electron chi connectivity index (χ0n) is 11.1. The normalized spacial score (nSPS) is 13.3. The van der Waals surface area contributed by atoms with Gasteiger partial charge in [-0.25, -0.2) is 4.98 Å². The van der Waals surface area contributed by atoms with Crippen LogP contribution >= 0.6 is 11.3 Å². The summed E-state index contributed by atoms with van der Waals surface area (Å²) >= 11 is 1.79. The molecule has 2 rings (SSSR count). The van der Waals surface area contributed by atoms with E-state index >= 15 is 0 Å². The minimum atomic E-state index is 0.699. The number of thiazole rings is 1. The largest absolute Gasteiger partial charge is 0.330 e. The van der Waals surface area contributed by atoms with Crippen LogP contribution in [0.5, 0.6) is 0 Å². The lowest BCUT2D eigenvalue weighted by molar-refractivity contribution is 0.341. The highest BCUT2D eigenvalue weighted by Gasteiger charge is 2.13. The molecule has 0 aliphatic heterocycles. The van der Waals surface area contributed by atoms with Gasteiger partial charge in [0.15, 0.2) is 0 Å². The van der Waals surface area contributed by atoms with Crippen molar-refractivity contribution in [3.63, 3.8) is 0 Å². The molecule has 0 fully saturated rings. The second-order valence-electron chi connectivity index (χ2n) is 5.07. The zero-order chi connectivity index (χ0) is 13.0. The summed E-state index contributed by atoms with van der Waals surface area (Å²) in [5, 5.41) is 1.22. The molecule has 1 atom stereocenters. The van der Waals surface area contributed by atoms with Crippen molar-refractivity contribution in [1.82, 2.24) is 9.97 Å². The van der Waals surface area contributed by atoms with Crippen LogP contribution in [0.25, 0.3) is 10.2 Å². The molecule has 2 aromatic heterocycles. The summed E-state index contributed by atoms with van der Waals surface area (Å²) in [6.45, 7) is 5.35. The van der Waals surface area contributed by atoms with Crippen LogP contribution in [0.4, 0.5) is 0 Å². The van der Waals surface area contributed by atoms with Crippen LogP contribution in [0.15, 0.2) is 18.5 Å². The van der Waals surface area contributed by atoms with Crippen LogP contribution in [0.2, 0.25) is 0 Å². The van der Waals surface area contributed by atoms with Gasteiger partial charge in [0, 0.05) is 6.20 Å². The Morgan fingerprint density at radius 3 is 2.83 bits per heavy atom. The van der Waals surface area contributed by atoms with Gasteiger partial charge in [-0.1, -0.05) is 13.8 Å². The number of hydrogen-bond acceptors (Lipinski definition) is 4. The van der Waals surface area contributed by atoms with Crippen molar-refractivity contribution in [3.05, 3.63) is 23.5 Å². The van der Waals surface area contributed by atoms with Crippen molar-refractivity contribution in [3.8, 4) is 0 Å². The molecule has 98 valence electrons. The monoisotopic (exact) mass is 263 g/mol. The molecule has 18 heavy (non-hydrogen) atoms. The smallest absolute Gasteiger partial charge is 0.0998 e. The molecule has 0 aliphatic carbocycles. The van der Waals surface area contributed by atoms with Gasteiger partial charge in [-0.15, -0.1) is 11.3 Å². The third-order valence-electron chi connectivity index (χ3n) is 3.44. The number of rotatable bonds is 6. The topological polar surface area (TPSA) is 51.8 Å². The summed E-state index contributed by atoms with van der Waals surface area (Å²) in [5.74, 6) is 1.41. The number of aryl methyl sites for hydroxylation is 1. The van der Waals surface area contributed by atoms with Crippen molar-refractivity contribution in [2.45, 2.75) is 33.1 Å². The number of hydrogen-bond donors (Lipinski definition) is 1. The highest BCUT2D eigenvalue weighted by Crippen LogP contribution is 2.25. The molecule has 0 spiro atoms. The van der Waals surface area contributed by atoms with E-state index in [1.807, 2.05) is 18.5 Å². The van der Waals surface area contributed by atoms with E-state index < -0.39 is 0 Å². The summed E-state index contributed by atoms with van der Waals surface area (Å²) in [7, 11) is 0. The predicted molar refractivity (Wildman–Crippen MR) is 77.7 cm³/mol. The van der Waals surface area contributed by atoms with Crippen LogP contribution in [0, 0.1) is 11.8 Å². The summed E-state index contributed by atoms with van der Waals surface area (Å²) in [5.41, 5.74) is 6.70. The van der Waals surface area contributed by atoms with Crippen molar-refractivity contribution >= 4 is 21.6 Å². The Morgan fingerprint density at radius 1 is 1.33 bits per heavy atom. The summed E-state index contributed by atoms with van der Waals surface area (Å²) in [6.07, 6.45) is 7.03. The Kier molecular flexibility index (Phi) is 4.66. The maximum atomic E-state index is 5.68. The average Bonchev–Trinajstić information content (AvgIpc) is 2.76. The summed E-state index contributed by atoms with van der Waals surface area (Å²) in [6, 6.07) is 2.04. The molecule has 0 radical (unpaired) electrons. The molecule has 0 aliphatic rings. The number of nitrogens with two attached hydrogens (primary N) is 1. The number of fused-ring (bicyclic) bond motifs is 1. The van der Waals surface area contributed by atoms with Crippen molar-refractivity contribution < 1.29 is 0 Å². The van der Waals surface area contributed by atoms with E-state index in [9.17, 15) is 0 Å². The summed E-state index contributed by atoms with van der Waals surface area (Å²) < 4.78 is 1.24. The molecular formula is C14H21N3S. The second-order valence-corrected chi connectivity index (χ2v) is 6.19. The molecule has 4 heteroatoms. The van der Waals surface area contributed by atoms with E-state index in [1.165, 1.54) is 16.1 Å². The van der Waals surface area contributed by atoms with Crippen LogP contribution in [0.3, 0.4) is 0 Å². The van der Waals surface area contributed by atoms with Gasteiger partial charge in [0.25, 0.3) is 0 Å². The Balaban J connectivity index is 2.00. The second kappa shape index (κ2) is 6.25. The fourth-order valence-electron chi connectivity index (χ4n) is 2.27. The van der Waals surface area contributed by atoms with Gasteiger partial charge >= 0.3 is 0 Å². The molecule has 2 N–H and O–H groups in total. The van der Waals surface area contributed by atoms with Crippen LogP contribution in [-0.4, -0.2) is 16.5 Å². The Bertz CT molecular complexity index is 459. The maximum absolute atomic E-state index is 5.68. The van der Waals surface area contributed by atoms with Crippen molar-refractivity contribution in [2.24, 2.45) is 17.6 Å². The molecular weight excluding hydrogens is 242 g/mol. The minimum Gasteiger partial charge on any atom is -0.330 e. The highest BCUT2D eigenvalue weighted by atomic mass is 32.1. The molecule has 0 saturated heterocycles. The lowest BCUT2D eigenvalue weighted by Gasteiger charge is -2.19. The standard InChI is InChI=1S/C14H21N3S/c1-10(2)11(5-7-15)3-4-14-17-12-9-16-8-6-13(12)18-14/h6,8-11H,3-5,7,15H2,1-2H3. The third kappa shape index (κ3) is 3.27. The first-order chi connectivity index (χ1) is 8.70. The number of pyridine rings is 1. The summed E-state index contributed by atoms with van der Waals surface area (Å²) in [4.78, 5) is 8.74. The fraction of sp³-hybridized carbons (Fsp3) is 0.571.